The van der Waals surface area contributed by atoms with Gasteiger partial charge in [-0.25, -0.2) is 0 Å². The molecular formula is C18H18Cl2N4O. The summed E-state index contributed by atoms with van der Waals surface area (Å²) in [6.07, 6.45) is 1.84. The molecule has 1 amide bonds. The highest BCUT2D eigenvalue weighted by Gasteiger charge is 2.26. The maximum atomic E-state index is 12.8. The Balaban J connectivity index is 1.50. The average Bonchev–Trinajstić information content (AvgIpc) is 3.24. The van der Waals surface area contributed by atoms with Crippen LogP contribution in [0.15, 0.2) is 24.3 Å². The standard InChI is InChI=1S/C18H18Cl2N4O/c1-10-8-15(23-22-10)11-4-6-24(7-5-11)18(25)16-9-12-14(21-16)3-2-13(19)17(12)20/h2-3,8-9,11,21H,4-7H2,1H3,(H,22,23). The molecule has 0 spiro atoms. The number of rotatable bonds is 2. The molecule has 1 aliphatic rings. The quantitative estimate of drug-likeness (QED) is 0.689. The Morgan fingerprint density at radius 2 is 2.00 bits per heavy atom. The SMILES string of the molecule is Cc1cc(C2CCN(C(=O)c3cc4c(Cl)c(Cl)ccc4[nH]3)CC2)n[nH]1. The van der Waals surface area contributed by atoms with Crippen molar-refractivity contribution in [2.75, 3.05) is 13.1 Å². The van der Waals surface area contributed by atoms with Gasteiger partial charge < -0.3 is 9.88 Å². The number of hydrogen-bond acceptors (Lipinski definition) is 2. The monoisotopic (exact) mass is 376 g/mol. The number of carbonyl (C=O) groups excluding carboxylic acids is 1. The molecule has 0 radical (unpaired) electrons. The molecule has 25 heavy (non-hydrogen) atoms. The van der Waals surface area contributed by atoms with Crippen LogP contribution in [0.25, 0.3) is 10.9 Å². The van der Waals surface area contributed by atoms with Crippen LogP contribution >= 0.6 is 23.2 Å². The van der Waals surface area contributed by atoms with E-state index in [1.807, 2.05) is 17.9 Å². The first-order valence-electron chi connectivity index (χ1n) is 8.31. The summed E-state index contributed by atoms with van der Waals surface area (Å²) in [5, 5.41) is 9.08. The van der Waals surface area contributed by atoms with E-state index in [1.54, 1.807) is 12.1 Å². The molecule has 0 unspecified atom stereocenters. The summed E-state index contributed by atoms with van der Waals surface area (Å²) in [4.78, 5) is 17.9. The summed E-state index contributed by atoms with van der Waals surface area (Å²) >= 11 is 12.3. The van der Waals surface area contributed by atoms with Gasteiger partial charge in [-0.3, -0.25) is 9.89 Å². The minimum Gasteiger partial charge on any atom is -0.350 e. The zero-order chi connectivity index (χ0) is 17.6. The predicted molar refractivity (Wildman–Crippen MR) is 99.5 cm³/mol. The van der Waals surface area contributed by atoms with Crippen LogP contribution < -0.4 is 0 Å². The van der Waals surface area contributed by atoms with Crippen molar-refractivity contribution in [1.82, 2.24) is 20.1 Å². The van der Waals surface area contributed by atoms with Crippen LogP contribution in [-0.2, 0) is 0 Å². The van der Waals surface area contributed by atoms with Crippen molar-refractivity contribution in [3.05, 3.63) is 51.4 Å². The minimum absolute atomic E-state index is 0.0000440. The zero-order valence-corrected chi connectivity index (χ0v) is 15.3. The molecule has 0 saturated carbocycles. The number of H-pyrrole nitrogens is 2. The number of halogens is 2. The van der Waals surface area contributed by atoms with Gasteiger partial charge in [-0.2, -0.15) is 5.10 Å². The summed E-state index contributed by atoms with van der Waals surface area (Å²) < 4.78 is 0. The third kappa shape index (κ3) is 3.02. The number of hydrogen-bond donors (Lipinski definition) is 2. The number of piperidine rings is 1. The summed E-state index contributed by atoms with van der Waals surface area (Å²) in [5.41, 5.74) is 3.53. The Hall–Kier alpha value is -1.98. The van der Waals surface area contributed by atoms with Crippen molar-refractivity contribution in [2.24, 2.45) is 0 Å². The van der Waals surface area contributed by atoms with Crippen LogP contribution in [-0.4, -0.2) is 39.1 Å². The van der Waals surface area contributed by atoms with Crippen molar-refractivity contribution < 1.29 is 4.79 Å². The summed E-state index contributed by atoms with van der Waals surface area (Å²) in [5.74, 6) is 0.407. The van der Waals surface area contributed by atoms with Gasteiger partial charge >= 0.3 is 0 Å². The number of nitrogens with one attached hydrogen (secondary N) is 2. The molecule has 1 aliphatic heterocycles. The third-order valence-corrected chi connectivity index (χ3v) is 5.67. The molecule has 1 aromatic carbocycles. The molecule has 3 aromatic rings. The molecule has 0 aliphatic carbocycles. The molecule has 2 aromatic heterocycles. The van der Waals surface area contributed by atoms with Crippen molar-refractivity contribution in [3.63, 3.8) is 0 Å². The molecular weight excluding hydrogens is 359 g/mol. The maximum absolute atomic E-state index is 12.8. The summed E-state index contributed by atoms with van der Waals surface area (Å²) in [6.45, 7) is 3.45. The number of aryl methyl sites for hydroxylation is 1. The second-order valence-electron chi connectivity index (χ2n) is 6.55. The lowest BCUT2D eigenvalue weighted by molar-refractivity contribution is 0.0707. The van der Waals surface area contributed by atoms with E-state index in [1.165, 1.54) is 0 Å². The highest BCUT2D eigenvalue weighted by molar-refractivity contribution is 6.45. The van der Waals surface area contributed by atoms with E-state index in [9.17, 15) is 4.79 Å². The zero-order valence-electron chi connectivity index (χ0n) is 13.8. The van der Waals surface area contributed by atoms with Crippen molar-refractivity contribution >= 4 is 40.0 Å². The van der Waals surface area contributed by atoms with E-state index in [4.69, 9.17) is 23.2 Å². The number of amides is 1. The van der Waals surface area contributed by atoms with E-state index in [-0.39, 0.29) is 5.91 Å². The molecule has 1 fully saturated rings. The van der Waals surface area contributed by atoms with Crippen molar-refractivity contribution in [3.8, 4) is 0 Å². The molecule has 7 heteroatoms. The Morgan fingerprint density at radius 1 is 1.24 bits per heavy atom. The third-order valence-electron chi connectivity index (χ3n) is 4.85. The molecule has 4 rings (SSSR count). The molecule has 2 N–H and O–H groups in total. The van der Waals surface area contributed by atoms with Crippen LogP contribution in [0.1, 0.15) is 40.6 Å². The first-order chi connectivity index (χ1) is 12.0. The number of aromatic nitrogens is 3. The van der Waals surface area contributed by atoms with Gasteiger partial charge in [0.1, 0.15) is 5.69 Å². The van der Waals surface area contributed by atoms with Gasteiger partial charge in [0.2, 0.25) is 0 Å². The fraction of sp³-hybridized carbons (Fsp3) is 0.333. The van der Waals surface area contributed by atoms with Gasteiger partial charge in [0.05, 0.1) is 15.7 Å². The second kappa shape index (κ2) is 6.39. The summed E-state index contributed by atoms with van der Waals surface area (Å²) in [7, 11) is 0. The Morgan fingerprint density at radius 3 is 2.68 bits per heavy atom. The summed E-state index contributed by atoms with van der Waals surface area (Å²) in [6, 6.07) is 7.45. The van der Waals surface area contributed by atoms with Gasteiger partial charge in [-0.1, -0.05) is 23.2 Å². The van der Waals surface area contributed by atoms with E-state index in [2.05, 4.69) is 21.2 Å². The Labute approximate surface area is 155 Å². The van der Waals surface area contributed by atoms with Gasteiger partial charge in [0.25, 0.3) is 5.91 Å². The van der Waals surface area contributed by atoms with Crippen LogP contribution in [0.4, 0.5) is 0 Å². The van der Waals surface area contributed by atoms with Crippen LogP contribution in [0, 0.1) is 6.92 Å². The normalized spacial score (nSPS) is 15.9. The number of carbonyl (C=O) groups is 1. The fourth-order valence-corrected chi connectivity index (χ4v) is 3.84. The highest BCUT2D eigenvalue weighted by atomic mass is 35.5. The Bertz CT molecular complexity index is 938. The second-order valence-corrected chi connectivity index (χ2v) is 7.33. The van der Waals surface area contributed by atoms with Gasteiger partial charge in [0.15, 0.2) is 0 Å². The van der Waals surface area contributed by atoms with Crippen molar-refractivity contribution in [1.29, 1.82) is 0 Å². The smallest absolute Gasteiger partial charge is 0.270 e. The maximum Gasteiger partial charge on any atom is 0.270 e. The number of aromatic amines is 2. The minimum atomic E-state index is 0.0000440. The first-order valence-corrected chi connectivity index (χ1v) is 9.06. The van der Waals surface area contributed by atoms with Gasteiger partial charge in [-0.15, -0.1) is 0 Å². The van der Waals surface area contributed by atoms with E-state index in [0.717, 1.165) is 48.2 Å². The van der Waals surface area contributed by atoms with E-state index >= 15 is 0 Å². The average molecular weight is 377 g/mol. The van der Waals surface area contributed by atoms with Crippen molar-refractivity contribution in [2.45, 2.75) is 25.7 Å². The largest absolute Gasteiger partial charge is 0.350 e. The van der Waals surface area contributed by atoms with E-state index in [0.29, 0.717) is 21.7 Å². The lowest BCUT2D eigenvalue weighted by Crippen LogP contribution is -2.38. The van der Waals surface area contributed by atoms with Crippen LogP contribution in [0.2, 0.25) is 10.0 Å². The number of nitrogens with zero attached hydrogens (tertiary/aromatic N) is 2. The lowest BCUT2D eigenvalue weighted by Gasteiger charge is -2.31. The highest BCUT2D eigenvalue weighted by Crippen LogP contribution is 2.32. The number of fused-ring (bicyclic) bond motifs is 1. The van der Waals surface area contributed by atoms with Gasteiger partial charge in [0, 0.05) is 35.6 Å². The fourth-order valence-electron chi connectivity index (χ4n) is 3.45. The van der Waals surface area contributed by atoms with Crippen LogP contribution in [0.3, 0.4) is 0 Å². The van der Waals surface area contributed by atoms with Gasteiger partial charge in [-0.05, 0) is 44.0 Å². The number of likely N-dealkylation sites (tertiary alicyclic amines) is 1. The molecule has 0 atom stereocenters. The van der Waals surface area contributed by atoms with E-state index < -0.39 is 0 Å². The first kappa shape index (κ1) is 16.5. The Kier molecular flexibility index (Phi) is 4.21. The lowest BCUT2D eigenvalue weighted by atomic mass is 9.93. The topological polar surface area (TPSA) is 64.8 Å². The molecule has 5 nitrogen and oxygen atoms in total. The molecule has 0 bridgehead atoms. The number of benzene rings is 1. The predicted octanol–water partition coefficient (Wildman–Crippen LogP) is 4.53. The molecule has 1 saturated heterocycles. The molecule has 130 valence electrons. The molecule has 3 heterocycles. The van der Waals surface area contributed by atoms with Crippen LogP contribution in [0.5, 0.6) is 0 Å².